The number of hydrogen-bond donors (Lipinski definition) is 0. The lowest BCUT2D eigenvalue weighted by Crippen LogP contribution is -2.49. The molecule has 4 heteroatoms. The third kappa shape index (κ3) is 2.63. The summed E-state index contributed by atoms with van der Waals surface area (Å²) in [4.78, 5) is 16.3. The van der Waals surface area contributed by atoms with E-state index in [-0.39, 0.29) is 11.6 Å². The van der Waals surface area contributed by atoms with Gasteiger partial charge in [-0.05, 0) is 60.0 Å². The fourth-order valence-electron chi connectivity index (χ4n) is 2.98. The topological polar surface area (TPSA) is 32.8 Å². The highest BCUT2D eigenvalue weighted by Gasteiger charge is 2.52. The van der Waals surface area contributed by atoms with Crippen LogP contribution in [-0.2, 0) is 4.74 Å². The maximum Gasteiger partial charge on any atom is 0.410 e. The molecule has 18 heavy (non-hydrogen) atoms. The van der Waals surface area contributed by atoms with Crippen molar-refractivity contribution in [2.45, 2.75) is 51.2 Å². The lowest BCUT2D eigenvalue weighted by molar-refractivity contribution is 0.0250. The summed E-state index contributed by atoms with van der Waals surface area (Å²) in [5.41, 5.74) is -0.211. The molecule has 2 fully saturated rings. The van der Waals surface area contributed by atoms with E-state index in [1.54, 1.807) is 0 Å². The van der Waals surface area contributed by atoms with Crippen LogP contribution >= 0.6 is 0 Å². The van der Waals surface area contributed by atoms with E-state index in [0.717, 1.165) is 25.4 Å². The van der Waals surface area contributed by atoms with Gasteiger partial charge in [-0.1, -0.05) is 0 Å². The van der Waals surface area contributed by atoms with Crippen molar-refractivity contribution in [3.05, 3.63) is 0 Å². The van der Waals surface area contributed by atoms with Crippen molar-refractivity contribution in [2.75, 3.05) is 27.2 Å². The first-order chi connectivity index (χ1) is 8.24. The SMILES string of the molecule is CN(C)C1(C2CC2)CCN(C(=O)OC(C)(C)C)C1. The van der Waals surface area contributed by atoms with Gasteiger partial charge in [0.15, 0.2) is 0 Å². The predicted molar refractivity (Wildman–Crippen MR) is 71.6 cm³/mol. The molecule has 1 atom stereocenters. The van der Waals surface area contributed by atoms with Gasteiger partial charge < -0.3 is 14.5 Å². The number of nitrogens with zero attached hydrogens (tertiary/aromatic N) is 2. The smallest absolute Gasteiger partial charge is 0.410 e. The molecule has 104 valence electrons. The number of rotatable bonds is 2. The largest absolute Gasteiger partial charge is 0.444 e. The summed E-state index contributed by atoms with van der Waals surface area (Å²) >= 11 is 0. The minimum Gasteiger partial charge on any atom is -0.444 e. The number of amides is 1. The highest BCUT2D eigenvalue weighted by Crippen LogP contribution is 2.47. The Morgan fingerprint density at radius 1 is 1.33 bits per heavy atom. The van der Waals surface area contributed by atoms with Gasteiger partial charge in [-0.15, -0.1) is 0 Å². The molecule has 0 aromatic carbocycles. The first-order valence-electron chi connectivity index (χ1n) is 6.90. The first kappa shape index (κ1) is 13.7. The Labute approximate surface area is 110 Å². The third-order valence-corrected chi connectivity index (χ3v) is 4.16. The summed E-state index contributed by atoms with van der Waals surface area (Å²) in [6.07, 6.45) is 3.52. The van der Waals surface area contributed by atoms with Crippen molar-refractivity contribution in [3.8, 4) is 0 Å². The van der Waals surface area contributed by atoms with Crippen molar-refractivity contribution in [1.82, 2.24) is 9.80 Å². The number of hydrogen-bond acceptors (Lipinski definition) is 3. The average molecular weight is 254 g/mol. The van der Waals surface area contributed by atoms with Crippen LogP contribution in [0.4, 0.5) is 4.79 Å². The monoisotopic (exact) mass is 254 g/mol. The van der Waals surface area contributed by atoms with Crippen LogP contribution in [-0.4, -0.2) is 54.2 Å². The molecule has 1 aliphatic heterocycles. The molecule has 0 spiro atoms. The second-order valence-electron chi connectivity index (χ2n) is 6.92. The maximum atomic E-state index is 12.1. The fourth-order valence-corrected chi connectivity index (χ4v) is 2.98. The molecule has 0 radical (unpaired) electrons. The van der Waals surface area contributed by atoms with Gasteiger partial charge in [-0.25, -0.2) is 4.79 Å². The summed E-state index contributed by atoms with van der Waals surface area (Å²) < 4.78 is 5.46. The van der Waals surface area contributed by atoms with Crippen LogP contribution in [0.1, 0.15) is 40.0 Å². The van der Waals surface area contributed by atoms with Crippen molar-refractivity contribution < 1.29 is 9.53 Å². The van der Waals surface area contributed by atoms with Gasteiger partial charge >= 0.3 is 6.09 Å². The molecule has 1 heterocycles. The Morgan fingerprint density at radius 2 is 1.94 bits per heavy atom. The molecule has 1 unspecified atom stereocenters. The molecule has 0 N–H and O–H groups in total. The summed E-state index contributed by atoms with van der Waals surface area (Å²) in [5, 5.41) is 0. The Balaban J connectivity index is 2.00. The number of carbonyl (C=O) groups is 1. The zero-order chi connectivity index (χ0) is 13.6. The quantitative estimate of drug-likeness (QED) is 0.758. The Hall–Kier alpha value is -0.770. The normalized spacial score (nSPS) is 28.9. The maximum absolute atomic E-state index is 12.1. The predicted octanol–water partition coefficient (Wildman–Crippen LogP) is 2.34. The molecule has 4 nitrogen and oxygen atoms in total. The molecule has 0 bridgehead atoms. The highest BCUT2D eigenvalue weighted by molar-refractivity contribution is 5.68. The lowest BCUT2D eigenvalue weighted by atomic mass is 9.91. The molecule has 1 amide bonds. The van der Waals surface area contributed by atoms with Gasteiger partial charge in [0.25, 0.3) is 0 Å². The molecule has 2 aliphatic rings. The van der Waals surface area contributed by atoms with Crippen molar-refractivity contribution >= 4 is 6.09 Å². The van der Waals surface area contributed by atoms with Crippen LogP contribution in [0.5, 0.6) is 0 Å². The van der Waals surface area contributed by atoms with Crippen LogP contribution in [0.2, 0.25) is 0 Å². The summed E-state index contributed by atoms with van der Waals surface area (Å²) in [6, 6.07) is 0. The van der Waals surface area contributed by atoms with E-state index in [4.69, 9.17) is 4.74 Å². The molecule has 0 aromatic heterocycles. The van der Waals surface area contributed by atoms with E-state index in [2.05, 4.69) is 19.0 Å². The van der Waals surface area contributed by atoms with Crippen molar-refractivity contribution in [1.29, 1.82) is 0 Å². The lowest BCUT2D eigenvalue weighted by Gasteiger charge is -2.36. The van der Waals surface area contributed by atoms with Crippen molar-refractivity contribution in [3.63, 3.8) is 0 Å². The first-order valence-corrected chi connectivity index (χ1v) is 6.90. The number of likely N-dealkylation sites (tertiary alicyclic amines) is 1. The van der Waals surface area contributed by atoms with Gasteiger partial charge in [-0.2, -0.15) is 0 Å². The zero-order valence-electron chi connectivity index (χ0n) is 12.3. The minimum absolute atomic E-state index is 0.160. The molecule has 1 aliphatic carbocycles. The highest BCUT2D eigenvalue weighted by atomic mass is 16.6. The molecule has 1 saturated heterocycles. The van der Waals surface area contributed by atoms with Gasteiger partial charge in [0.2, 0.25) is 0 Å². The van der Waals surface area contributed by atoms with E-state index in [9.17, 15) is 4.79 Å². The molecular formula is C14H26N2O2. The molecule has 2 rings (SSSR count). The average Bonchev–Trinajstić information content (AvgIpc) is 2.95. The van der Waals surface area contributed by atoms with E-state index < -0.39 is 5.60 Å². The summed E-state index contributed by atoms with van der Waals surface area (Å²) in [5.74, 6) is 0.764. The number of carbonyl (C=O) groups excluding carboxylic acids is 1. The van der Waals surface area contributed by atoms with Gasteiger partial charge in [-0.3, -0.25) is 0 Å². The van der Waals surface area contributed by atoms with E-state index in [0.29, 0.717) is 0 Å². The molecular weight excluding hydrogens is 228 g/mol. The summed E-state index contributed by atoms with van der Waals surface area (Å²) in [6.45, 7) is 7.40. The van der Waals surface area contributed by atoms with Gasteiger partial charge in [0.05, 0.1) is 0 Å². The fraction of sp³-hybridized carbons (Fsp3) is 0.929. The van der Waals surface area contributed by atoms with Crippen LogP contribution in [0.15, 0.2) is 0 Å². The molecule has 1 saturated carbocycles. The van der Waals surface area contributed by atoms with E-state index >= 15 is 0 Å². The Morgan fingerprint density at radius 3 is 2.39 bits per heavy atom. The Bertz CT molecular complexity index is 327. The zero-order valence-corrected chi connectivity index (χ0v) is 12.3. The molecule has 0 aromatic rings. The standard InChI is InChI=1S/C14H26N2O2/c1-13(2,3)18-12(17)16-9-8-14(10-16,15(4)5)11-6-7-11/h11H,6-10H2,1-5H3. The van der Waals surface area contributed by atoms with Crippen LogP contribution in [0, 0.1) is 5.92 Å². The minimum atomic E-state index is -0.403. The van der Waals surface area contributed by atoms with Gasteiger partial charge in [0, 0.05) is 18.6 Å². The second-order valence-corrected chi connectivity index (χ2v) is 6.92. The third-order valence-electron chi connectivity index (χ3n) is 4.16. The number of likely N-dealkylation sites (N-methyl/N-ethyl adjacent to an activating group) is 1. The van der Waals surface area contributed by atoms with Crippen molar-refractivity contribution in [2.24, 2.45) is 5.92 Å². The number of ether oxygens (including phenoxy) is 1. The van der Waals surface area contributed by atoms with Crippen LogP contribution in [0.3, 0.4) is 0 Å². The van der Waals surface area contributed by atoms with Gasteiger partial charge in [0.1, 0.15) is 5.60 Å². The van der Waals surface area contributed by atoms with E-state index in [1.165, 1.54) is 12.8 Å². The Kier molecular flexibility index (Phi) is 3.34. The van der Waals surface area contributed by atoms with E-state index in [1.807, 2.05) is 25.7 Å². The summed E-state index contributed by atoms with van der Waals surface area (Å²) in [7, 11) is 4.27. The van der Waals surface area contributed by atoms with Crippen LogP contribution < -0.4 is 0 Å². The second kappa shape index (κ2) is 4.41. The van der Waals surface area contributed by atoms with Crippen LogP contribution in [0.25, 0.3) is 0 Å².